The summed E-state index contributed by atoms with van der Waals surface area (Å²) in [6.45, 7) is 3.80. The van der Waals surface area contributed by atoms with Crippen molar-refractivity contribution in [2.24, 2.45) is 0 Å². The Morgan fingerprint density at radius 3 is 2.65 bits per heavy atom. The molecule has 2 fully saturated rings. The van der Waals surface area contributed by atoms with E-state index in [1.807, 2.05) is 18.2 Å². The molecule has 2 aliphatic heterocycles. The Hall–Kier alpha value is -0.730. The summed E-state index contributed by atoms with van der Waals surface area (Å²) in [6.07, 6.45) is 6.22. The monoisotopic (exact) mass is 246 g/mol. The van der Waals surface area contributed by atoms with Crippen LogP contribution in [0.4, 0.5) is 0 Å². The third-order valence-corrected chi connectivity index (χ3v) is 5.56. The van der Waals surface area contributed by atoms with Gasteiger partial charge in [0.05, 0.1) is 5.60 Å². The van der Waals surface area contributed by atoms with Gasteiger partial charge < -0.3 is 5.11 Å². The zero-order chi connectivity index (χ0) is 11.9. The van der Waals surface area contributed by atoms with E-state index in [4.69, 9.17) is 0 Å². The summed E-state index contributed by atoms with van der Waals surface area (Å²) in [5.41, 5.74) is 1.57. The van der Waals surface area contributed by atoms with Gasteiger partial charge in [0, 0.05) is 10.5 Å². The number of thioether (sulfide) groups is 1. The zero-order valence-electron chi connectivity index (χ0n) is 9.93. The average Bonchev–Trinajstić information content (AvgIpc) is 2.69. The fourth-order valence-electron chi connectivity index (χ4n) is 3.11. The van der Waals surface area contributed by atoms with E-state index in [1.54, 1.807) is 0 Å². The van der Waals surface area contributed by atoms with Crippen LogP contribution in [0.25, 0.3) is 6.08 Å². The van der Waals surface area contributed by atoms with E-state index in [0.29, 0.717) is 10.5 Å². The van der Waals surface area contributed by atoms with E-state index >= 15 is 0 Å². The summed E-state index contributed by atoms with van der Waals surface area (Å²) >= 11 is 2.08. The van der Waals surface area contributed by atoms with Crippen molar-refractivity contribution < 1.29 is 5.11 Å². The molecule has 0 radical (unpaired) electrons. The van der Waals surface area contributed by atoms with Crippen LogP contribution in [0.15, 0.2) is 30.8 Å². The first kappa shape index (κ1) is 11.4. The molecule has 0 spiro atoms. The highest BCUT2D eigenvalue weighted by atomic mass is 32.2. The average molecular weight is 246 g/mol. The van der Waals surface area contributed by atoms with E-state index in [0.717, 1.165) is 24.0 Å². The summed E-state index contributed by atoms with van der Waals surface area (Å²) in [5.74, 6) is 0. The highest BCUT2D eigenvalue weighted by molar-refractivity contribution is 8.00. The molecule has 1 aromatic rings. The van der Waals surface area contributed by atoms with E-state index in [1.165, 1.54) is 12.8 Å². The van der Waals surface area contributed by atoms with Crippen LogP contribution in [0, 0.1) is 0 Å². The molecule has 2 heteroatoms. The van der Waals surface area contributed by atoms with Crippen molar-refractivity contribution in [1.82, 2.24) is 0 Å². The van der Waals surface area contributed by atoms with Gasteiger partial charge in [-0.3, -0.25) is 0 Å². The standard InChI is InChI=1S/C15H18OS/c1-2-11-4-3-5-12(8-11)15(16)9-13-6-7-14(10-15)17-13/h2-5,8,13-14,16H,1,6-7,9-10H2. The normalized spacial score (nSPS) is 35.8. The lowest BCUT2D eigenvalue weighted by Gasteiger charge is -2.36. The molecular weight excluding hydrogens is 228 g/mol. The van der Waals surface area contributed by atoms with Crippen LogP contribution in [-0.2, 0) is 5.60 Å². The molecule has 1 nitrogen and oxygen atoms in total. The number of benzene rings is 1. The van der Waals surface area contributed by atoms with Crippen molar-refractivity contribution in [2.45, 2.75) is 41.8 Å². The Morgan fingerprint density at radius 2 is 2.00 bits per heavy atom. The fourth-order valence-corrected chi connectivity index (χ4v) is 4.94. The van der Waals surface area contributed by atoms with E-state index < -0.39 is 5.60 Å². The lowest BCUT2D eigenvalue weighted by atomic mass is 9.85. The van der Waals surface area contributed by atoms with Gasteiger partial charge in [-0.2, -0.15) is 11.8 Å². The van der Waals surface area contributed by atoms with Gasteiger partial charge in [-0.05, 0) is 42.9 Å². The van der Waals surface area contributed by atoms with E-state index in [9.17, 15) is 5.11 Å². The van der Waals surface area contributed by atoms with Gasteiger partial charge in [-0.25, -0.2) is 0 Å². The molecule has 2 bridgehead atoms. The number of rotatable bonds is 2. The smallest absolute Gasteiger partial charge is 0.0917 e. The molecule has 0 saturated carbocycles. The minimum Gasteiger partial charge on any atom is -0.385 e. The van der Waals surface area contributed by atoms with Gasteiger partial charge in [-0.15, -0.1) is 0 Å². The highest BCUT2D eigenvalue weighted by Gasteiger charge is 2.44. The summed E-state index contributed by atoms with van der Waals surface area (Å²) in [4.78, 5) is 0. The Balaban J connectivity index is 1.93. The first-order valence-electron chi connectivity index (χ1n) is 6.30. The lowest BCUT2D eigenvalue weighted by molar-refractivity contribution is 0.0196. The maximum atomic E-state index is 10.9. The minimum atomic E-state index is -0.601. The summed E-state index contributed by atoms with van der Waals surface area (Å²) in [5, 5.41) is 12.2. The third-order valence-electron chi connectivity index (χ3n) is 3.99. The quantitative estimate of drug-likeness (QED) is 0.860. The predicted molar refractivity (Wildman–Crippen MR) is 74.1 cm³/mol. The van der Waals surface area contributed by atoms with E-state index in [-0.39, 0.29) is 0 Å². The molecule has 0 amide bonds. The Kier molecular flexibility index (Phi) is 2.80. The lowest BCUT2D eigenvalue weighted by Crippen LogP contribution is -2.34. The fraction of sp³-hybridized carbons (Fsp3) is 0.467. The highest BCUT2D eigenvalue weighted by Crippen LogP contribution is 2.51. The van der Waals surface area contributed by atoms with Crippen LogP contribution in [0.1, 0.15) is 36.8 Å². The largest absolute Gasteiger partial charge is 0.385 e. The summed E-state index contributed by atoms with van der Waals surface area (Å²) < 4.78 is 0. The van der Waals surface area contributed by atoms with Crippen LogP contribution >= 0.6 is 11.8 Å². The Bertz CT molecular complexity index is 428. The van der Waals surface area contributed by atoms with Gasteiger partial charge >= 0.3 is 0 Å². The molecular formula is C15H18OS. The molecule has 90 valence electrons. The van der Waals surface area contributed by atoms with Crippen LogP contribution in [-0.4, -0.2) is 15.6 Å². The van der Waals surface area contributed by atoms with Crippen molar-refractivity contribution in [3.8, 4) is 0 Å². The van der Waals surface area contributed by atoms with Crippen LogP contribution < -0.4 is 0 Å². The minimum absolute atomic E-state index is 0.601. The predicted octanol–water partition coefficient (Wildman–Crippen LogP) is 3.58. The number of aliphatic hydroxyl groups is 1. The molecule has 1 N–H and O–H groups in total. The summed E-state index contributed by atoms with van der Waals surface area (Å²) in [7, 11) is 0. The maximum absolute atomic E-state index is 10.9. The number of hydrogen-bond donors (Lipinski definition) is 1. The van der Waals surface area contributed by atoms with Gasteiger partial charge in [-0.1, -0.05) is 30.9 Å². The molecule has 2 heterocycles. The molecule has 2 saturated heterocycles. The first-order valence-corrected chi connectivity index (χ1v) is 7.25. The molecule has 3 rings (SSSR count). The molecule has 0 aliphatic carbocycles. The first-order chi connectivity index (χ1) is 8.19. The second kappa shape index (κ2) is 4.18. The van der Waals surface area contributed by atoms with Crippen molar-refractivity contribution in [3.63, 3.8) is 0 Å². The van der Waals surface area contributed by atoms with Gasteiger partial charge in [0.25, 0.3) is 0 Å². The van der Waals surface area contributed by atoms with Crippen molar-refractivity contribution in [1.29, 1.82) is 0 Å². The topological polar surface area (TPSA) is 20.2 Å². The van der Waals surface area contributed by atoms with Crippen molar-refractivity contribution in [2.75, 3.05) is 0 Å². The van der Waals surface area contributed by atoms with Gasteiger partial charge in [0.1, 0.15) is 0 Å². The van der Waals surface area contributed by atoms with Gasteiger partial charge in [0.15, 0.2) is 0 Å². The Labute approximate surface area is 107 Å². The third kappa shape index (κ3) is 2.04. The number of hydrogen-bond acceptors (Lipinski definition) is 2. The molecule has 2 atom stereocenters. The second-order valence-corrected chi connectivity index (χ2v) is 6.83. The molecule has 17 heavy (non-hydrogen) atoms. The molecule has 0 aromatic heterocycles. The van der Waals surface area contributed by atoms with Crippen molar-refractivity contribution in [3.05, 3.63) is 42.0 Å². The maximum Gasteiger partial charge on any atom is 0.0917 e. The number of fused-ring (bicyclic) bond motifs is 2. The van der Waals surface area contributed by atoms with Crippen LogP contribution in [0.3, 0.4) is 0 Å². The molecule has 1 aromatic carbocycles. The van der Waals surface area contributed by atoms with Crippen molar-refractivity contribution >= 4 is 17.8 Å². The van der Waals surface area contributed by atoms with Crippen LogP contribution in [0.5, 0.6) is 0 Å². The molecule has 2 aliphatic rings. The van der Waals surface area contributed by atoms with Gasteiger partial charge in [0.2, 0.25) is 0 Å². The summed E-state index contributed by atoms with van der Waals surface area (Å²) in [6, 6.07) is 8.20. The van der Waals surface area contributed by atoms with Crippen LogP contribution in [0.2, 0.25) is 0 Å². The second-order valence-electron chi connectivity index (χ2n) is 5.23. The molecule has 2 unspecified atom stereocenters. The zero-order valence-corrected chi connectivity index (χ0v) is 10.7. The van der Waals surface area contributed by atoms with E-state index in [2.05, 4.69) is 30.5 Å². The SMILES string of the molecule is C=Cc1cccc(C2(O)CC3CCC(C2)S3)c1. The Morgan fingerprint density at radius 1 is 1.29 bits per heavy atom.